The molecular formula is C13H24N2S. The molecule has 2 nitrogen and oxygen atoms in total. The Morgan fingerprint density at radius 1 is 1.44 bits per heavy atom. The highest BCUT2D eigenvalue weighted by atomic mass is 32.2. The van der Waals surface area contributed by atoms with Crippen LogP contribution in [0.5, 0.6) is 0 Å². The highest BCUT2D eigenvalue weighted by molar-refractivity contribution is 7.99. The topological polar surface area (TPSA) is 35.8 Å². The molecule has 1 saturated carbocycles. The first-order chi connectivity index (χ1) is 7.54. The zero-order valence-electron chi connectivity index (χ0n) is 10.9. The molecule has 0 bridgehead atoms. The molecule has 92 valence electrons. The van der Waals surface area contributed by atoms with E-state index in [1.165, 1.54) is 19.3 Å². The summed E-state index contributed by atoms with van der Waals surface area (Å²) in [5, 5.41) is 13.7. The summed E-state index contributed by atoms with van der Waals surface area (Å²) in [4.78, 5) is 0. The number of thioether (sulfide) groups is 1. The van der Waals surface area contributed by atoms with Gasteiger partial charge in [-0.25, -0.2) is 0 Å². The summed E-state index contributed by atoms with van der Waals surface area (Å²) >= 11 is 1.93. The fraction of sp³-hybridized carbons (Fsp3) is 0.923. The lowest BCUT2D eigenvalue weighted by Crippen LogP contribution is -2.51. The highest BCUT2D eigenvalue weighted by Gasteiger charge is 2.45. The zero-order valence-corrected chi connectivity index (χ0v) is 11.7. The molecule has 0 spiro atoms. The molecule has 3 heteroatoms. The van der Waals surface area contributed by atoms with Crippen LogP contribution < -0.4 is 5.32 Å². The molecule has 1 fully saturated rings. The van der Waals surface area contributed by atoms with E-state index in [1.807, 2.05) is 11.8 Å². The van der Waals surface area contributed by atoms with Crippen LogP contribution in [0.25, 0.3) is 0 Å². The molecule has 1 rings (SSSR count). The van der Waals surface area contributed by atoms with Gasteiger partial charge in [0.25, 0.3) is 0 Å². The van der Waals surface area contributed by atoms with Crippen LogP contribution in [0.4, 0.5) is 0 Å². The third kappa shape index (κ3) is 3.68. The summed E-state index contributed by atoms with van der Waals surface area (Å²) in [6.07, 6.45) is 3.61. The van der Waals surface area contributed by atoms with E-state index in [1.54, 1.807) is 0 Å². The van der Waals surface area contributed by atoms with Crippen molar-refractivity contribution >= 4 is 11.8 Å². The van der Waals surface area contributed by atoms with E-state index in [2.05, 4.69) is 39.1 Å². The van der Waals surface area contributed by atoms with Gasteiger partial charge in [0.2, 0.25) is 0 Å². The van der Waals surface area contributed by atoms with Gasteiger partial charge in [-0.2, -0.15) is 17.0 Å². The lowest BCUT2D eigenvalue weighted by Gasteiger charge is -2.31. The first-order valence-corrected chi connectivity index (χ1v) is 7.39. The van der Waals surface area contributed by atoms with Crippen molar-refractivity contribution in [1.29, 1.82) is 5.26 Å². The van der Waals surface area contributed by atoms with E-state index in [0.717, 1.165) is 5.75 Å². The standard InChI is InChI=1S/C13H24N2S/c1-5-11(4)16-9-13(8-14,12-6-7-12)15-10(2)3/h10-12,15H,5-7,9H2,1-4H3. The van der Waals surface area contributed by atoms with Gasteiger partial charge in [0.05, 0.1) is 6.07 Å². The molecule has 1 N–H and O–H groups in total. The Balaban J connectivity index is 2.59. The molecule has 1 aliphatic rings. The molecule has 16 heavy (non-hydrogen) atoms. The third-order valence-electron chi connectivity index (χ3n) is 3.19. The van der Waals surface area contributed by atoms with Crippen molar-refractivity contribution in [3.05, 3.63) is 0 Å². The van der Waals surface area contributed by atoms with Gasteiger partial charge in [-0.15, -0.1) is 0 Å². The molecular weight excluding hydrogens is 216 g/mol. The average molecular weight is 240 g/mol. The second kappa shape index (κ2) is 5.93. The second-order valence-electron chi connectivity index (χ2n) is 5.19. The summed E-state index contributed by atoms with van der Waals surface area (Å²) in [6, 6.07) is 2.94. The average Bonchev–Trinajstić information content (AvgIpc) is 3.07. The summed E-state index contributed by atoms with van der Waals surface area (Å²) in [5.41, 5.74) is -0.276. The molecule has 0 amide bonds. The minimum Gasteiger partial charge on any atom is -0.296 e. The minimum atomic E-state index is -0.276. The molecule has 0 radical (unpaired) electrons. The maximum absolute atomic E-state index is 9.50. The highest BCUT2D eigenvalue weighted by Crippen LogP contribution is 2.42. The lowest BCUT2D eigenvalue weighted by atomic mass is 9.96. The second-order valence-corrected chi connectivity index (χ2v) is 6.61. The molecule has 0 aromatic heterocycles. The van der Waals surface area contributed by atoms with Gasteiger partial charge in [-0.3, -0.25) is 5.32 Å². The number of hydrogen-bond donors (Lipinski definition) is 1. The van der Waals surface area contributed by atoms with Crippen LogP contribution in [0.15, 0.2) is 0 Å². The largest absolute Gasteiger partial charge is 0.296 e. The van der Waals surface area contributed by atoms with Crippen LogP contribution in [0.1, 0.15) is 47.0 Å². The maximum atomic E-state index is 9.50. The van der Waals surface area contributed by atoms with E-state index in [4.69, 9.17) is 0 Å². The van der Waals surface area contributed by atoms with Gasteiger partial charge in [0, 0.05) is 17.0 Å². The predicted molar refractivity (Wildman–Crippen MR) is 71.6 cm³/mol. The Bertz CT molecular complexity index is 255. The minimum absolute atomic E-state index is 0.276. The Kier molecular flexibility index (Phi) is 5.14. The van der Waals surface area contributed by atoms with Crippen molar-refractivity contribution in [2.45, 2.75) is 63.8 Å². The lowest BCUT2D eigenvalue weighted by molar-refractivity contribution is 0.370. The third-order valence-corrected chi connectivity index (χ3v) is 4.71. The van der Waals surface area contributed by atoms with E-state index >= 15 is 0 Å². The quantitative estimate of drug-likeness (QED) is 0.742. The molecule has 2 unspecified atom stereocenters. The van der Waals surface area contributed by atoms with Gasteiger partial charge >= 0.3 is 0 Å². The monoisotopic (exact) mass is 240 g/mol. The fourth-order valence-corrected chi connectivity index (χ4v) is 3.08. The van der Waals surface area contributed by atoms with E-state index < -0.39 is 0 Å². The zero-order chi connectivity index (χ0) is 12.2. The summed E-state index contributed by atoms with van der Waals surface area (Å²) < 4.78 is 0. The number of hydrogen-bond acceptors (Lipinski definition) is 3. The molecule has 0 aromatic carbocycles. The van der Waals surface area contributed by atoms with Crippen LogP contribution in [-0.4, -0.2) is 22.6 Å². The number of rotatable bonds is 7. The first-order valence-electron chi connectivity index (χ1n) is 6.34. The molecule has 2 atom stereocenters. The summed E-state index contributed by atoms with van der Waals surface area (Å²) in [7, 11) is 0. The SMILES string of the molecule is CCC(C)SCC(C#N)(NC(C)C)C1CC1. The number of nitriles is 1. The van der Waals surface area contributed by atoms with Crippen molar-refractivity contribution < 1.29 is 0 Å². The van der Waals surface area contributed by atoms with Gasteiger partial charge in [0.1, 0.15) is 5.54 Å². The molecule has 0 saturated heterocycles. The number of nitrogens with zero attached hydrogens (tertiary/aromatic N) is 1. The Morgan fingerprint density at radius 2 is 2.06 bits per heavy atom. The molecule has 0 heterocycles. The van der Waals surface area contributed by atoms with Crippen molar-refractivity contribution in [2.24, 2.45) is 5.92 Å². The Labute approximate surface area is 104 Å². The summed E-state index contributed by atoms with van der Waals surface area (Å²) in [6.45, 7) is 8.71. The van der Waals surface area contributed by atoms with Crippen LogP contribution in [-0.2, 0) is 0 Å². The summed E-state index contributed by atoms with van der Waals surface area (Å²) in [5.74, 6) is 1.51. The molecule has 1 aliphatic carbocycles. The van der Waals surface area contributed by atoms with E-state index in [0.29, 0.717) is 17.2 Å². The smallest absolute Gasteiger partial charge is 0.118 e. The van der Waals surface area contributed by atoms with Crippen LogP contribution in [0.3, 0.4) is 0 Å². The van der Waals surface area contributed by atoms with Gasteiger partial charge < -0.3 is 0 Å². The molecule has 0 aliphatic heterocycles. The fourth-order valence-electron chi connectivity index (χ4n) is 1.92. The van der Waals surface area contributed by atoms with Crippen LogP contribution in [0.2, 0.25) is 0 Å². The number of nitrogens with one attached hydrogen (secondary N) is 1. The van der Waals surface area contributed by atoms with Crippen molar-refractivity contribution in [2.75, 3.05) is 5.75 Å². The van der Waals surface area contributed by atoms with Crippen LogP contribution >= 0.6 is 11.8 Å². The van der Waals surface area contributed by atoms with Gasteiger partial charge in [-0.05, 0) is 39.0 Å². The van der Waals surface area contributed by atoms with Gasteiger partial charge in [-0.1, -0.05) is 13.8 Å². The Morgan fingerprint density at radius 3 is 2.44 bits per heavy atom. The van der Waals surface area contributed by atoms with Gasteiger partial charge in [0.15, 0.2) is 0 Å². The van der Waals surface area contributed by atoms with Crippen molar-refractivity contribution in [3.8, 4) is 6.07 Å². The van der Waals surface area contributed by atoms with Crippen molar-refractivity contribution in [3.63, 3.8) is 0 Å². The molecule has 0 aromatic rings. The maximum Gasteiger partial charge on any atom is 0.118 e. The first kappa shape index (κ1) is 13.9. The Hall–Kier alpha value is -0.200. The normalized spacial score (nSPS) is 21.5. The van der Waals surface area contributed by atoms with E-state index in [9.17, 15) is 5.26 Å². The predicted octanol–water partition coefficient (Wildman–Crippen LogP) is 3.19. The van der Waals surface area contributed by atoms with Crippen LogP contribution in [0, 0.1) is 17.2 Å². The van der Waals surface area contributed by atoms with E-state index in [-0.39, 0.29) is 5.54 Å². The van der Waals surface area contributed by atoms with Crippen molar-refractivity contribution in [1.82, 2.24) is 5.32 Å².